The number of para-hydroxylation sites is 1. The molecule has 3 rings (SSSR count). The third-order valence-corrected chi connectivity index (χ3v) is 3.41. The number of benzene rings is 1. The summed E-state index contributed by atoms with van der Waals surface area (Å²) in [4.78, 5) is 31.8. The number of anilines is 2. The molecule has 0 aliphatic heterocycles. The molecule has 1 amide bonds. The molecule has 0 saturated carbocycles. The number of nitrogens with one attached hydrogen (secondary N) is 1. The monoisotopic (exact) mass is 341 g/mol. The Morgan fingerprint density at radius 1 is 1.28 bits per heavy atom. The quantitative estimate of drug-likeness (QED) is 0.673. The van der Waals surface area contributed by atoms with Gasteiger partial charge in [-0.15, -0.1) is 0 Å². The van der Waals surface area contributed by atoms with E-state index in [1.165, 1.54) is 0 Å². The lowest BCUT2D eigenvalue weighted by Gasteiger charge is -2.10. The zero-order valence-corrected chi connectivity index (χ0v) is 13.6. The highest BCUT2D eigenvalue weighted by molar-refractivity contribution is 6.01. The highest BCUT2D eigenvalue weighted by Crippen LogP contribution is 2.28. The summed E-state index contributed by atoms with van der Waals surface area (Å²) in [6, 6.07) is 6.67. The molecule has 1 aromatic carbocycles. The molecular weight excluding hydrogens is 326 g/mol. The van der Waals surface area contributed by atoms with Crippen LogP contribution in [0.1, 0.15) is 33.6 Å². The lowest BCUT2D eigenvalue weighted by Crippen LogP contribution is -2.14. The van der Waals surface area contributed by atoms with Gasteiger partial charge in [0.15, 0.2) is 0 Å². The number of amides is 1. The van der Waals surface area contributed by atoms with Gasteiger partial charge in [-0.05, 0) is 26.0 Å². The Morgan fingerprint density at radius 3 is 2.76 bits per heavy atom. The van der Waals surface area contributed by atoms with Gasteiger partial charge >= 0.3 is 5.97 Å². The van der Waals surface area contributed by atoms with E-state index < -0.39 is 11.9 Å². The van der Waals surface area contributed by atoms with Crippen molar-refractivity contribution in [2.75, 3.05) is 11.9 Å². The fourth-order valence-electron chi connectivity index (χ4n) is 2.30. The largest absolute Gasteiger partial charge is 0.460 e. The minimum Gasteiger partial charge on any atom is -0.460 e. The van der Waals surface area contributed by atoms with Crippen molar-refractivity contribution < 1.29 is 18.8 Å². The number of hydrogen-bond donors (Lipinski definition) is 2. The van der Waals surface area contributed by atoms with Crippen LogP contribution in [-0.2, 0) is 4.74 Å². The normalized spacial score (nSPS) is 10.6. The molecule has 0 radical (unpaired) electrons. The Morgan fingerprint density at radius 2 is 2.04 bits per heavy atom. The molecule has 3 N–H and O–H groups in total. The van der Waals surface area contributed by atoms with E-state index in [0.29, 0.717) is 16.8 Å². The predicted molar refractivity (Wildman–Crippen MR) is 88.5 cm³/mol. The van der Waals surface area contributed by atoms with E-state index >= 15 is 0 Å². The smallest absolute Gasteiger partial charge is 0.376 e. The Hall–Kier alpha value is -3.49. The van der Waals surface area contributed by atoms with Crippen molar-refractivity contribution in [1.29, 1.82) is 0 Å². The second-order valence-electron chi connectivity index (χ2n) is 5.10. The van der Waals surface area contributed by atoms with Crippen LogP contribution >= 0.6 is 0 Å². The lowest BCUT2D eigenvalue weighted by molar-refractivity contribution is 0.0512. The number of nitrogens with two attached hydrogens (primary N) is 1. The van der Waals surface area contributed by atoms with Crippen LogP contribution in [-0.4, -0.2) is 33.6 Å². The van der Waals surface area contributed by atoms with Crippen LogP contribution in [0.5, 0.6) is 0 Å². The van der Waals surface area contributed by atoms with Gasteiger partial charge in [-0.3, -0.25) is 4.79 Å². The van der Waals surface area contributed by atoms with Crippen LogP contribution in [0, 0.1) is 6.92 Å². The number of aryl methyl sites for hydroxylation is 1. The summed E-state index contributed by atoms with van der Waals surface area (Å²) in [6.07, 6.45) is 0. The summed E-state index contributed by atoms with van der Waals surface area (Å²) in [5, 5.41) is 7.34. The molecule has 0 aliphatic rings. The molecule has 0 spiro atoms. The number of fused-ring (bicyclic) bond motifs is 1. The standard InChI is InChI=1S/C16H15N5O4/c1-3-24-16(23)14-19-13(11-8(2)21-25-15(11)20-14)18-10-7-5-4-6-9(10)12(17)22/h4-7H,3H2,1-2H3,(H2,17,22)(H,18,19,20). The molecular formula is C16H15N5O4. The molecule has 0 unspecified atom stereocenters. The number of rotatable bonds is 5. The summed E-state index contributed by atoms with van der Waals surface area (Å²) >= 11 is 0. The fraction of sp³-hybridized carbons (Fsp3) is 0.188. The molecule has 2 heterocycles. The molecule has 2 aromatic heterocycles. The van der Waals surface area contributed by atoms with E-state index in [1.807, 2.05) is 0 Å². The number of aromatic nitrogens is 3. The average Bonchev–Trinajstić information content (AvgIpc) is 2.97. The first-order valence-electron chi connectivity index (χ1n) is 7.48. The van der Waals surface area contributed by atoms with E-state index in [1.54, 1.807) is 38.1 Å². The highest BCUT2D eigenvalue weighted by atomic mass is 16.5. The van der Waals surface area contributed by atoms with E-state index in [4.69, 9.17) is 15.0 Å². The Bertz CT molecular complexity index is 966. The maximum absolute atomic E-state index is 12.0. The Labute approximate surface area is 142 Å². The maximum atomic E-state index is 12.0. The van der Waals surface area contributed by atoms with Gasteiger partial charge < -0.3 is 20.3 Å². The fourth-order valence-corrected chi connectivity index (χ4v) is 2.30. The van der Waals surface area contributed by atoms with Gasteiger partial charge in [0.25, 0.3) is 11.6 Å². The summed E-state index contributed by atoms with van der Waals surface area (Å²) < 4.78 is 10.1. The van der Waals surface area contributed by atoms with Gasteiger partial charge in [-0.2, -0.15) is 4.98 Å². The average molecular weight is 341 g/mol. The maximum Gasteiger partial charge on any atom is 0.376 e. The zero-order valence-electron chi connectivity index (χ0n) is 13.6. The number of hydrogen-bond acceptors (Lipinski definition) is 8. The van der Waals surface area contributed by atoms with E-state index in [0.717, 1.165) is 0 Å². The van der Waals surface area contributed by atoms with Crippen molar-refractivity contribution in [3.8, 4) is 0 Å². The van der Waals surface area contributed by atoms with Crippen molar-refractivity contribution in [2.24, 2.45) is 5.73 Å². The molecule has 0 fully saturated rings. The molecule has 9 heteroatoms. The van der Waals surface area contributed by atoms with Crippen LogP contribution in [0.25, 0.3) is 11.1 Å². The SMILES string of the molecule is CCOC(=O)c1nc(Nc2ccccc2C(N)=O)c2c(C)noc2n1. The first kappa shape index (κ1) is 16.4. The zero-order chi connectivity index (χ0) is 18.0. The minimum absolute atomic E-state index is 0.134. The minimum atomic E-state index is -0.690. The molecule has 0 aliphatic carbocycles. The third-order valence-electron chi connectivity index (χ3n) is 3.41. The molecule has 25 heavy (non-hydrogen) atoms. The van der Waals surface area contributed by atoms with Crippen molar-refractivity contribution in [1.82, 2.24) is 15.1 Å². The summed E-state index contributed by atoms with van der Waals surface area (Å²) in [5.41, 5.74) is 6.77. The van der Waals surface area contributed by atoms with Gasteiger partial charge in [-0.1, -0.05) is 17.3 Å². The van der Waals surface area contributed by atoms with Gasteiger partial charge in [0, 0.05) is 0 Å². The third kappa shape index (κ3) is 3.11. The first-order valence-corrected chi connectivity index (χ1v) is 7.48. The van der Waals surface area contributed by atoms with Crippen LogP contribution in [0.4, 0.5) is 11.5 Å². The van der Waals surface area contributed by atoms with Gasteiger partial charge in [0.2, 0.25) is 5.82 Å². The molecule has 0 bridgehead atoms. The van der Waals surface area contributed by atoms with Crippen molar-refractivity contribution in [3.63, 3.8) is 0 Å². The molecule has 128 valence electrons. The van der Waals surface area contributed by atoms with Crippen molar-refractivity contribution in [2.45, 2.75) is 13.8 Å². The number of esters is 1. The number of ether oxygens (including phenoxy) is 1. The van der Waals surface area contributed by atoms with Gasteiger partial charge in [-0.25, -0.2) is 9.78 Å². The summed E-state index contributed by atoms with van der Waals surface area (Å²) in [6.45, 7) is 3.57. The highest BCUT2D eigenvalue weighted by Gasteiger charge is 2.20. The topological polar surface area (TPSA) is 133 Å². The van der Waals surface area contributed by atoms with Crippen LogP contribution in [0.15, 0.2) is 28.8 Å². The number of carbonyl (C=O) groups is 2. The molecule has 3 aromatic rings. The van der Waals surface area contributed by atoms with Crippen LogP contribution in [0.2, 0.25) is 0 Å². The Balaban J connectivity index is 2.13. The molecule has 0 saturated heterocycles. The van der Waals surface area contributed by atoms with Crippen molar-refractivity contribution >= 4 is 34.5 Å². The number of primary amides is 1. The lowest BCUT2D eigenvalue weighted by atomic mass is 10.1. The van der Waals surface area contributed by atoms with Crippen molar-refractivity contribution in [3.05, 3.63) is 41.3 Å². The number of nitrogens with zero attached hydrogens (tertiary/aromatic N) is 3. The Kier molecular flexibility index (Phi) is 4.29. The first-order chi connectivity index (χ1) is 12.0. The van der Waals surface area contributed by atoms with E-state index in [9.17, 15) is 9.59 Å². The van der Waals surface area contributed by atoms with Gasteiger partial charge in [0.05, 0.1) is 23.6 Å². The summed E-state index contributed by atoms with van der Waals surface area (Å²) in [5.74, 6) is -1.20. The van der Waals surface area contributed by atoms with E-state index in [-0.39, 0.29) is 29.5 Å². The predicted octanol–water partition coefficient (Wildman–Crippen LogP) is 1.95. The number of carbonyl (C=O) groups excluding carboxylic acids is 2. The van der Waals surface area contributed by atoms with Crippen LogP contribution in [0.3, 0.4) is 0 Å². The van der Waals surface area contributed by atoms with Crippen LogP contribution < -0.4 is 11.1 Å². The molecule has 9 nitrogen and oxygen atoms in total. The van der Waals surface area contributed by atoms with E-state index in [2.05, 4.69) is 20.4 Å². The summed E-state index contributed by atoms with van der Waals surface area (Å²) in [7, 11) is 0. The van der Waals surface area contributed by atoms with Gasteiger partial charge in [0.1, 0.15) is 11.2 Å². The second-order valence-corrected chi connectivity index (χ2v) is 5.10. The second kappa shape index (κ2) is 6.56. The molecule has 0 atom stereocenters.